The van der Waals surface area contributed by atoms with Crippen LogP contribution in [0, 0.1) is 0 Å². The second-order valence-corrected chi connectivity index (χ2v) is 9.12. The molecular weight excluding hydrogens is 392 g/mol. The topological polar surface area (TPSA) is 75.0 Å². The predicted molar refractivity (Wildman–Crippen MR) is 113 cm³/mol. The van der Waals surface area contributed by atoms with Gasteiger partial charge in [-0.05, 0) is 40.2 Å². The molecule has 0 spiro atoms. The molecule has 0 aliphatic carbocycles. The number of rotatable bonds is 2. The second-order valence-electron chi connectivity index (χ2n) is 8.73. The van der Waals surface area contributed by atoms with E-state index in [1.54, 1.807) is 4.90 Å². The number of piperidine rings is 1. The molecule has 2 fully saturated rings. The van der Waals surface area contributed by atoms with Gasteiger partial charge in [0, 0.05) is 38.3 Å². The highest BCUT2D eigenvalue weighted by molar-refractivity contribution is 6.29. The van der Waals surface area contributed by atoms with Crippen molar-refractivity contribution in [1.29, 1.82) is 0 Å². The molecule has 2 aliphatic heterocycles. The number of hydrogen-bond acceptors (Lipinski definition) is 6. The van der Waals surface area contributed by atoms with E-state index in [2.05, 4.69) is 15.2 Å². The van der Waals surface area contributed by atoms with E-state index in [4.69, 9.17) is 21.4 Å². The van der Waals surface area contributed by atoms with Gasteiger partial charge in [-0.1, -0.05) is 18.0 Å². The molecule has 2 aliphatic rings. The van der Waals surface area contributed by atoms with Crippen molar-refractivity contribution in [3.8, 4) is 0 Å². The van der Waals surface area contributed by atoms with Gasteiger partial charge in [-0.25, -0.2) is 9.78 Å². The lowest BCUT2D eigenvalue weighted by Gasteiger charge is -2.36. The first-order valence-electron chi connectivity index (χ1n) is 10.3. The Morgan fingerprint density at radius 2 is 1.97 bits per heavy atom. The summed E-state index contributed by atoms with van der Waals surface area (Å²) in [6, 6.07) is 4.14. The van der Waals surface area contributed by atoms with Crippen LogP contribution in [0.15, 0.2) is 12.1 Å². The Labute approximate surface area is 176 Å². The van der Waals surface area contributed by atoms with E-state index in [0.29, 0.717) is 31.3 Å². The van der Waals surface area contributed by atoms with E-state index in [1.807, 2.05) is 37.4 Å². The maximum absolute atomic E-state index is 12.3. The minimum Gasteiger partial charge on any atom is -0.444 e. The molecule has 4 heterocycles. The molecule has 158 valence electrons. The van der Waals surface area contributed by atoms with E-state index < -0.39 is 5.60 Å². The van der Waals surface area contributed by atoms with E-state index in [1.165, 1.54) is 12.8 Å². The summed E-state index contributed by atoms with van der Waals surface area (Å²) in [7, 11) is 0. The second kappa shape index (κ2) is 7.99. The smallest absolute Gasteiger partial charge is 0.410 e. The van der Waals surface area contributed by atoms with E-state index >= 15 is 0 Å². The van der Waals surface area contributed by atoms with Gasteiger partial charge < -0.3 is 19.9 Å². The van der Waals surface area contributed by atoms with Crippen LogP contribution < -0.4 is 10.2 Å². The number of ether oxygens (including phenoxy) is 1. The van der Waals surface area contributed by atoms with Crippen molar-refractivity contribution in [1.82, 2.24) is 24.8 Å². The van der Waals surface area contributed by atoms with Crippen molar-refractivity contribution in [2.24, 2.45) is 0 Å². The fourth-order valence-electron chi connectivity index (χ4n) is 3.89. The van der Waals surface area contributed by atoms with Crippen LogP contribution >= 0.6 is 11.6 Å². The van der Waals surface area contributed by atoms with E-state index in [9.17, 15) is 4.79 Å². The van der Waals surface area contributed by atoms with Crippen molar-refractivity contribution >= 4 is 29.2 Å². The highest BCUT2D eigenvalue weighted by Crippen LogP contribution is 2.27. The first-order valence-corrected chi connectivity index (χ1v) is 10.7. The fraction of sp³-hybridized carbons (Fsp3) is 0.650. The first kappa shape index (κ1) is 20.2. The van der Waals surface area contributed by atoms with Gasteiger partial charge in [0.05, 0.1) is 11.7 Å². The molecule has 8 nitrogen and oxygen atoms in total. The number of anilines is 1. The summed E-state index contributed by atoms with van der Waals surface area (Å²) in [6.45, 7) is 9.22. The van der Waals surface area contributed by atoms with Crippen LogP contribution in [0.25, 0.3) is 5.65 Å². The molecule has 0 unspecified atom stereocenters. The molecule has 0 bridgehead atoms. The first-order chi connectivity index (χ1) is 13.8. The summed E-state index contributed by atoms with van der Waals surface area (Å²) in [5.74, 6) is 0.908. The quantitative estimate of drug-likeness (QED) is 0.751. The molecule has 1 atom stereocenters. The zero-order valence-electron chi connectivity index (χ0n) is 17.3. The van der Waals surface area contributed by atoms with Crippen molar-refractivity contribution in [3.05, 3.63) is 23.0 Å². The summed E-state index contributed by atoms with van der Waals surface area (Å²) in [6.07, 6.45) is 3.24. The number of amides is 1. The third-order valence-corrected chi connectivity index (χ3v) is 5.51. The number of fused-ring (bicyclic) bond motifs is 1. The normalized spacial score (nSPS) is 20.9. The average molecular weight is 421 g/mol. The van der Waals surface area contributed by atoms with Crippen molar-refractivity contribution in [3.63, 3.8) is 0 Å². The van der Waals surface area contributed by atoms with Crippen LogP contribution in [-0.4, -0.2) is 63.9 Å². The monoisotopic (exact) mass is 420 g/mol. The largest absolute Gasteiger partial charge is 0.444 e. The number of nitrogens with one attached hydrogen (secondary N) is 1. The van der Waals surface area contributed by atoms with Gasteiger partial charge in [0.2, 0.25) is 0 Å². The molecule has 0 aromatic carbocycles. The SMILES string of the molecule is CC(C)(C)OC(=O)N1CCN(c2cc(Cl)nc3cc([C@@H]4CCCCN4)nn23)CC1. The van der Waals surface area contributed by atoms with Gasteiger partial charge in [-0.2, -0.15) is 9.61 Å². The molecular formula is C20H29ClN6O2. The predicted octanol–water partition coefficient (Wildman–Crippen LogP) is 3.25. The van der Waals surface area contributed by atoms with E-state index in [0.717, 1.165) is 30.1 Å². The summed E-state index contributed by atoms with van der Waals surface area (Å²) < 4.78 is 7.37. The number of piperazine rings is 1. The Hall–Kier alpha value is -2.06. The van der Waals surface area contributed by atoms with Crippen molar-refractivity contribution < 1.29 is 9.53 Å². The van der Waals surface area contributed by atoms with Gasteiger partial charge in [-0.3, -0.25) is 0 Å². The average Bonchev–Trinajstić information content (AvgIpc) is 3.11. The molecule has 2 aromatic heterocycles. The molecule has 0 saturated carbocycles. The Morgan fingerprint density at radius 1 is 1.21 bits per heavy atom. The molecule has 2 saturated heterocycles. The standard InChI is InChI=1S/C20H29ClN6O2/c1-20(2,3)29-19(28)26-10-8-25(9-11-26)18-13-16(21)23-17-12-15(24-27(17)18)14-6-4-5-7-22-14/h12-14,22H,4-11H2,1-3H3/t14-/m0/s1. The highest BCUT2D eigenvalue weighted by atomic mass is 35.5. The van der Waals surface area contributed by atoms with Crippen LogP contribution in [0.2, 0.25) is 5.15 Å². The Balaban J connectivity index is 1.52. The van der Waals surface area contributed by atoms with Crippen LogP contribution in [0.4, 0.5) is 10.6 Å². The maximum Gasteiger partial charge on any atom is 0.410 e. The summed E-state index contributed by atoms with van der Waals surface area (Å²) >= 11 is 6.31. The number of halogens is 1. The summed E-state index contributed by atoms with van der Waals surface area (Å²) in [5.41, 5.74) is 1.27. The molecule has 4 rings (SSSR count). The lowest BCUT2D eigenvalue weighted by atomic mass is 10.0. The number of carbonyl (C=O) groups excluding carboxylic acids is 1. The van der Waals surface area contributed by atoms with Crippen LogP contribution in [-0.2, 0) is 4.74 Å². The molecule has 1 N–H and O–H groups in total. The Kier molecular flexibility index (Phi) is 5.57. The fourth-order valence-corrected chi connectivity index (χ4v) is 4.08. The number of carbonyl (C=O) groups is 1. The van der Waals surface area contributed by atoms with E-state index in [-0.39, 0.29) is 12.1 Å². The minimum atomic E-state index is -0.488. The lowest BCUT2D eigenvalue weighted by molar-refractivity contribution is 0.0240. The van der Waals surface area contributed by atoms with Crippen molar-refractivity contribution in [2.75, 3.05) is 37.6 Å². The Bertz CT molecular complexity index is 879. The lowest BCUT2D eigenvalue weighted by Crippen LogP contribution is -2.50. The van der Waals surface area contributed by atoms with Gasteiger partial charge >= 0.3 is 6.09 Å². The summed E-state index contributed by atoms with van der Waals surface area (Å²) in [4.78, 5) is 20.7. The Morgan fingerprint density at radius 3 is 2.62 bits per heavy atom. The highest BCUT2D eigenvalue weighted by Gasteiger charge is 2.27. The van der Waals surface area contributed by atoms with Gasteiger partial charge in [0.15, 0.2) is 5.65 Å². The minimum absolute atomic E-state index is 0.264. The maximum atomic E-state index is 12.3. The molecule has 0 radical (unpaired) electrons. The van der Waals surface area contributed by atoms with Crippen LogP contribution in [0.1, 0.15) is 51.8 Å². The molecule has 29 heavy (non-hydrogen) atoms. The third-order valence-electron chi connectivity index (χ3n) is 5.32. The third kappa shape index (κ3) is 4.59. The number of aromatic nitrogens is 3. The van der Waals surface area contributed by atoms with Gasteiger partial charge in [-0.15, -0.1) is 0 Å². The van der Waals surface area contributed by atoms with Crippen molar-refractivity contribution in [2.45, 2.75) is 51.7 Å². The van der Waals surface area contributed by atoms with Gasteiger partial charge in [0.1, 0.15) is 16.6 Å². The van der Waals surface area contributed by atoms with Gasteiger partial charge in [0.25, 0.3) is 0 Å². The van der Waals surface area contributed by atoms with Crippen LogP contribution in [0.5, 0.6) is 0 Å². The molecule has 1 amide bonds. The summed E-state index contributed by atoms with van der Waals surface area (Å²) in [5, 5.41) is 8.83. The number of nitrogens with zero attached hydrogens (tertiary/aromatic N) is 5. The zero-order chi connectivity index (χ0) is 20.6. The zero-order valence-corrected chi connectivity index (χ0v) is 18.1. The van der Waals surface area contributed by atoms with Crippen LogP contribution in [0.3, 0.4) is 0 Å². The molecule has 9 heteroatoms. The molecule has 2 aromatic rings. The number of hydrogen-bond donors (Lipinski definition) is 1.